The summed E-state index contributed by atoms with van der Waals surface area (Å²) >= 11 is 0. The predicted octanol–water partition coefficient (Wildman–Crippen LogP) is 7.03. The summed E-state index contributed by atoms with van der Waals surface area (Å²) in [7, 11) is 4.25. The smallest absolute Gasteiger partial charge is 0.222 e. The average molecular weight is 512 g/mol. The lowest BCUT2D eigenvalue weighted by Crippen LogP contribution is -2.48. The van der Waals surface area contributed by atoms with Crippen LogP contribution in [0.2, 0.25) is 0 Å². The topological polar surface area (TPSA) is 20.3 Å². The van der Waals surface area contributed by atoms with Gasteiger partial charge >= 0.3 is 0 Å². The minimum Gasteiger partial charge on any atom is -0.340 e. The second-order valence-corrected chi connectivity index (χ2v) is 8.78. The maximum absolute atomic E-state index is 12.3. The highest BCUT2D eigenvalue weighted by Gasteiger charge is 2.18. The van der Waals surface area contributed by atoms with Crippen molar-refractivity contribution in [3.05, 3.63) is 0 Å². The molecule has 0 bridgehead atoms. The molecule has 0 fully saturated rings. The fraction of sp³-hybridized carbons (Fsp3) is 0.958. The van der Waals surface area contributed by atoms with Gasteiger partial charge in [0.25, 0.3) is 0 Å². The van der Waals surface area contributed by atoms with Crippen LogP contribution in [0, 0.1) is 0 Å². The molecule has 0 aliphatic carbocycles. The largest absolute Gasteiger partial charge is 0.340 e. The van der Waals surface area contributed by atoms with Crippen molar-refractivity contribution < 1.29 is 9.28 Å². The molecule has 0 atom stereocenters. The molecule has 0 saturated carbocycles. The summed E-state index contributed by atoms with van der Waals surface area (Å²) in [5.74, 6) is 0.330. The summed E-state index contributed by atoms with van der Waals surface area (Å²) in [6.45, 7) is 11.0. The maximum atomic E-state index is 12.3. The molecule has 0 rings (SSSR count). The molecule has 170 valence electrons. The summed E-state index contributed by atoms with van der Waals surface area (Å²) in [6, 6.07) is 0. The fourth-order valence-corrected chi connectivity index (χ4v) is 3.54. The lowest BCUT2D eigenvalue weighted by atomic mass is 10.0. The van der Waals surface area contributed by atoms with E-state index in [4.69, 9.17) is 0 Å². The predicted molar refractivity (Wildman–Crippen MR) is 135 cm³/mol. The third-order valence-electron chi connectivity index (χ3n) is 6.42. The molecule has 1 amide bonds. The van der Waals surface area contributed by atoms with E-state index in [9.17, 15) is 4.79 Å². The standard InChI is InChI=1S/C24H51N2O.HI/c1-6-9-10-11-12-13-14-15-16-17-18-19-20-21-24(27)25(4)22-23-26(5,7-2)8-3;/h6-23H2,1-5H3;1H/q+1;. The number of hydrogen-bond donors (Lipinski definition) is 0. The Morgan fingerprint density at radius 1 is 0.714 bits per heavy atom. The van der Waals surface area contributed by atoms with E-state index in [1.165, 1.54) is 77.0 Å². The van der Waals surface area contributed by atoms with Crippen molar-refractivity contribution in [2.75, 3.05) is 40.3 Å². The first-order valence-corrected chi connectivity index (χ1v) is 12.1. The molecule has 4 heteroatoms. The van der Waals surface area contributed by atoms with E-state index in [-0.39, 0.29) is 24.0 Å². The van der Waals surface area contributed by atoms with Crippen LogP contribution in [0.25, 0.3) is 0 Å². The molecule has 0 heterocycles. The van der Waals surface area contributed by atoms with Gasteiger partial charge in [-0.25, -0.2) is 0 Å². The molecule has 0 N–H and O–H groups in total. The Morgan fingerprint density at radius 3 is 1.50 bits per heavy atom. The van der Waals surface area contributed by atoms with Crippen molar-refractivity contribution in [2.24, 2.45) is 0 Å². The van der Waals surface area contributed by atoms with Gasteiger partial charge in [0.05, 0.1) is 33.2 Å². The van der Waals surface area contributed by atoms with Crippen LogP contribution >= 0.6 is 24.0 Å². The maximum Gasteiger partial charge on any atom is 0.222 e. The van der Waals surface area contributed by atoms with Crippen LogP contribution in [-0.2, 0) is 4.79 Å². The minimum absolute atomic E-state index is 0. The molecule has 0 spiro atoms. The van der Waals surface area contributed by atoms with Gasteiger partial charge in [0.15, 0.2) is 0 Å². The molecule has 0 radical (unpaired) electrons. The van der Waals surface area contributed by atoms with E-state index < -0.39 is 0 Å². The third kappa shape index (κ3) is 17.1. The monoisotopic (exact) mass is 511 g/mol. The third-order valence-corrected chi connectivity index (χ3v) is 6.42. The Hall–Kier alpha value is 0.160. The number of carbonyl (C=O) groups excluding carboxylic acids is 1. The Bertz CT molecular complexity index is 345. The Balaban J connectivity index is 0. The van der Waals surface area contributed by atoms with Gasteiger partial charge < -0.3 is 9.38 Å². The number of nitrogens with zero attached hydrogens (tertiary/aromatic N) is 2. The molecule has 28 heavy (non-hydrogen) atoms. The van der Waals surface area contributed by atoms with Crippen molar-refractivity contribution in [1.29, 1.82) is 0 Å². The molecule has 0 aliphatic heterocycles. The van der Waals surface area contributed by atoms with Gasteiger partial charge in [0, 0.05) is 13.5 Å². The summed E-state index contributed by atoms with van der Waals surface area (Å²) in [5.41, 5.74) is 0. The lowest BCUT2D eigenvalue weighted by molar-refractivity contribution is -0.905. The number of hydrogen-bond acceptors (Lipinski definition) is 1. The summed E-state index contributed by atoms with van der Waals surface area (Å²) < 4.78 is 1.05. The summed E-state index contributed by atoms with van der Waals surface area (Å²) in [6.07, 6.45) is 18.4. The number of carbonyl (C=O) groups is 1. The zero-order chi connectivity index (χ0) is 20.4. The highest BCUT2D eigenvalue weighted by molar-refractivity contribution is 14.0. The quantitative estimate of drug-likeness (QED) is 0.104. The van der Waals surface area contributed by atoms with Crippen LogP contribution in [0.1, 0.15) is 111 Å². The number of quaternary nitrogens is 1. The van der Waals surface area contributed by atoms with Crippen molar-refractivity contribution in [2.45, 2.75) is 111 Å². The Labute approximate surface area is 194 Å². The van der Waals surface area contributed by atoms with Crippen LogP contribution < -0.4 is 0 Å². The van der Waals surface area contributed by atoms with Gasteiger partial charge in [-0.3, -0.25) is 4.79 Å². The molecule has 0 aromatic carbocycles. The Morgan fingerprint density at radius 2 is 1.11 bits per heavy atom. The first-order chi connectivity index (χ1) is 13.0. The van der Waals surface area contributed by atoms with Crippen molar-refractivity contribution in [3.8, 4) is 0 Å². The number of halogens is 1. The van der Waals surface area contributed by atoms with Crippen LogP contribution in [0.15, 0.2) is 0 Å². The average Bonchev–Trinajstić information content (AvgIpc) is 2.69. The minimum atomic E-state index is 0. The van der Waals surface area contributed by atoms with Gasteiger partial charge in [-0.2, -0.15) is 0 Å². The first-order valence-electron chi connectivity index (χ1n) is 12.1. The number of rotatable bonds is 19. The highest BCUT2D eigenvalue weighted by Crippen LogP contribution is 2.13. The van der Waals surface area contributed by atoms with Crippen LogP contribution in [0.5, 0.6) is 0 Å². The van der Waals surface area contributed by atoms with Crippen LogP contribution in [-0.4, -0.2) is 55.6 Å². The second-order valence-electron chi connectivity index (χ2n) is 8.78. The molecular weight excluding hydrogens is 459 g/mol. The van der Waals surface area contributed by atoms with Gasteiger partial charge in [-0.15, -0.1) is 24.0 Å². The van der Waals surface area contributed by atoms with E-state index in [2.05, 4.69) is 27.8 Å². The molecule has 3 nitrogen and oxygen atoms in total. The second kappa shape index (κ2) is 20.4. The molecule has 0 aromatic rings. The Kier molecular flexibility index (Phi) is 22.2. The fourth-order valence-electron chi connectivity index (χ4n) is 3.54. The lowest BCUT2D eigenvalue weighted by Gasteiger charge is -2.33. The normalized spacial score (nSPS) is 11.3. The zero-order valence-electron chi connectivity index (χ0n) is 19.9. The van der Waals surface area contributed by atoms with E-state index in [1.807, 2.05) is 11.9 Å². The molecule has 0 saturated heterocycles. The van der Waals surface area contributed by atoms with E-state index in [0.717, 1.165) is 43.5 Å². The van der Waals surface area contributed by atoms with E-state index in [0.29, 0.717) is 5.91 Å². The SMILES string of the molecule is CCCCCCCCCCCCCCCC(=O)N(C)CC[N+](C)(CC)CC.I. The van der Waals surface area contributed by atoms with Crippen molar-refractivity contribution >= 4 is 29.9 Å². The molecule has 0 aromatic heterocycles. The van der Waals surface area contributed by atoms with Crippen LogP contribution in [0.3, 0.4) is 0 Å². The molecule has 0 unspecified atom stereocenters. The first kappa shape index (κ1) is 30.4. The van der Waals surface area contributed by atoms with Crippen LogP contribution in [0.4, 0.5) is 0 Å². The van der Waals surface area contributed by atoms with Gasteiger partial charge in [0.2, 0.25) is 5.91 Å². The van der Waals surface area contributed by atoms with Crippen molar-refractivity contribution in [1.82, 2.24) is 4.90 Å². The zero-order valence-corrected chi connectivity index (χ0v) is 22.3. The van der Waals surface area contributed by atoms with Crippen molar-refractivity contribution in [3.63, 3.8) is 0 Å². The highest BCUT2D eigenvalue weighted by atomic mass is 127. The van der Waals surface area contributed by atoms with Gasteiger partial charge in [-0.05, 0) is 20.3 Å². The van der Waals surface area contributed by atoms with E-state index >= 15 is 0 Å². The number of amides is 1. The molecular formula is C24H52IN2O+. The number of likely N-dealkylation sites (N-methyl/N-ethyl adjacent to an activating group) is 2. The summed E-state index contributed by atoms with van der Waals surface area (Å²) in [4.78, 5) is 14.2. The number of unbranched alkanes of at least 4 members (excludes halogenated alkanes) is 12. The van der Waals surface area contributed by atoms with Gasteiger partial charge in [0.1, 0.15) is 0 Å². The van der Waals surface area contributed by atoms with Gasteiger partial charge in [-0.1, -0.05) is 84.0 Å². The summed E-state index contributed by atoms with van der Waals surface area (Å²) in [5, 5.41) is 0. The van der Waals surface area contributed by atoms with E-state index in [1.54, 1.807) is 0 Å². The molecule has 0 aliphatic rings.